The van der Waals surface area contributed by atoms with Crippen LogP contribution in [0.2, 0.25) is 0 Å². The molecule has 3 aromatic rings. The van der Waals surface area contributed by atoms with E-state index >= 15 is 0 Å². The third kappa shape index (κ3) is 4.14. The van der Waals surface area contributed by atoms with Gasteiger partial charge in [-0.2, -0.15) is 0 Å². The Morgan fingerprint density at radius 2 is 1.37 bits per heavy atom. The minimum Gasteiger partial charge on any atom is -0.339 e. The zero-order valence-electron chi connectivity index (χ0n) is 17.2. The highest BCUT2D eigenvalue weighted by Crippen LogP contribution is 2.34. The molecular weight excluding hydrogens is 394 g/mol. The van der Waals surface area contributed by atoms with Crippen molar-refractivity contribution in [3.8, 4) is 21.8 Å². The predicted molar refractivity (Wildman–Crippen MR) is 120 cm³/mol. The zero-order valence-corrected chi connectivity index (χ0v) is 18.1. The van der Waals surface area contributed by atoms with Gasteiger partial charge >= 0.3 is 0 Å². The number of piperazine rings is 1. The van der Waals surface area contributed by atoms with Crippen molar-refractivity contribution in [2.75, 3.05) is 26.2 Å². The second kappa shape index (κ2) is 8.79. The van der Waals surface area contributed by atoms with E-state index in [0.717, 1.165) is 21.8 Å². The molecule has 0 unspecified atom stereocenters. The highest BCUT2D eigenvalue weighted by molar-refractivity contribution is 7.17. The van der Waals surface area contributed by atoms with E-state index in [4.69, 9.17) is 4.98 Å². The molecule has 6 heteroatoms. The van der Waals surface area contributed by atoms with Gasteiger partial charge < -0.3 is 9.80 Å². The Kier molecular flexibility index (Phi) is 5.95. The maximum atomic E-state index is 13.4. The van der Waals surface area contributed by atoms with Crippen molar-refractivity contribution >= 4 is 23.2 Å². The highest BCUT2D eigenvalue weighted by Gasteiger charge is 2.29. The van der Waals surface area contributed by atoms with Crippen LogP contribution in [0.3, 0.4) is 0 Å². The Morgan fingerprint density at radius 1 is 0.833 bits per heavy atom. The van der Waals surface area contributed by atoms with E-state index in [9.17, 15) is 9.59 Å². The number of nitrogens with zero attached hydrogens (tertiary/aromatic N) is 3. The standard InChI is InChI=1S/C24H25N3O2S/c1-17(2)23(28)26-13-15-27(16-14-26)24(29)21-20(18-9-5-3-6-10-18)25-22(30-21)19-11-7-4-8-12-19/h3-12,17H,13-16H2,1-2H3. The van der Waals surface area contributed by atoms with Crippen LogP contribution in [-0.2, 0) is 4.79 Å². The van der Waals surface area contributed by atoms with Crippen LogP contribution in [0.5, 0.6) is 0 Å². The molecule has 5 nitrogen and oxygen atoms in total. The van der Waals surface area contributed by atoms with Crippen LogP contribution >= 0.6 is 11.3 Å². The molecule has 0 bridgehead atoms. The van der Waals surface area contributed by atoms with Gasteiger partial charge in [-0.15, -0.1) is 11.3 Å². The van der Waals surface area contributed by atoms with Gasteiger partial charge in [0.15, 0.2) is 0 Å². The molecule has 0 N–H and O–H groups in total. The maximum Gasteiger partial charge on any atom is 0.266 e. The summed E-state index contributed by atoms with van der Waals surface area (Å²) in [6.45, 7) is 6.07. The summed E-state index contributed by atoms with van der Waals surface area (Å²) >= 11 is 1.44. The molecular formula is C24H25N3O2S. The first-order chi connectivity index (χ1) is 14.5. The van der Waals surface area contributed by atoms with Crippen LogP contribution in [0.25, 0.3) is 21.8 Å². The monoisotopic (exact) mass is 419 g/mol. The molecule has 1 aliphatic rings. The number of hydrogen-bond acceptors (Lipinski definition) is 4. The third-order valence-electron chi connectivity index (χ3n) is 5.26. The second-order valence-corrected chi connectivity index (χ2v) is 8.70. The SMILES string of the molecule is CC(C)C(=O)N1CCN(C(=O)c2sc(-c3ccccc3)nc2-c2ccccc2)CC1. The molecule has 1 aromatic heterocycles. The van der Waals surface area contributed by atoms with Gasteiger partial charge in [0, 0.05) is 43.2 Å². The molecule has 0 radical (unpaired) electrons. The number of hydrogen-bond donors (Lipinski definition) is 0. The van der Waals surface area contributed by atoms with Gasteiger partial charge in [0.1, 0.15) is 9.88 Å². The lowest BCUT2D eigenvalue weighted by atomic mass is 10.1. The fraction of sp³-hybridized carbons (Fsp3) is 0.292. The summed E-state index contributed by atoms with van der Waals surface area (Å²) in [6, 6.07) is 19.8. The van der Waals surface area contributed by atoms with Crippen LogP contribution in [0, 0.1) is 5.92 Å². The molecule has 0 aliphatic carbocycles. The summed E-state index contributed by atoms with van der Waals surface area (Å²) in [5.41, 5.74) is 2.67. The molecule has 2 heterocycles. The van der Waals surface area contributed by atoms with Crippen molar-refractivity contribution in [3.05, 3.63) is 65.5 Å². The van der Waals surface area contributed by atoms with E-state index in [-0.39, 0.29) is 17.7 Å². The van der Waals surface area contributed by atoms with Gasteiger partial charge in [0.2, 0.25) is 5.91 Å². The number of thiazole rings is 1. The number of carbonyl (C=O) groups is 2. The minimum atomic E-state index is -0.0214. The van der Waals surface area contributed by atoms with E-state index in [1.165, 1.54) is 11.3 Å². The van der Waals surface area contributed by atoms with Gasteiger partial charge in [-0.3, -0.25) is 9.59 Å². The number of aromatic nitrogens is 1. The summed E-state index contributed by atoms with van der Waals surface area (Å²) in [5, 5.41) is 0.839. The lowest BCUT2D eigenvalue weighted by molar-refractivity contribution is -0.135. The van der Waals surface area contributed by atoms with Crippen molar-refractivity contribution in [2.24, 2.45) is 5.92 Å². The van der Waals surface area contributed by atoms with E-state index in [1.54, 1.807) is 0 Å². The molecule has 0 spiro atoms. The van der Waals surface area contributed by atoms with Crippen molar-refractivity contribution in [2.45, 2.75) is 13.8 Å². The summed E-state index contributed by atoms with van der Waals surface area (Å²) in [7, 11) is 0. The average molecular weight is 420 g/mol. The summed E-state index contributed by atoms with van der Waals surface area (Å²) < 4.78 is 0. The molecule has 4 rings (SSSR count). The number of rotatable bonds is 4. The summed E-state index contributed by atoms with van der Waals surface area (Å²) in [6.07, 6.45) is 0. The van der Waals surface area contributed by atoms with Gasteiger partial charge in [0.05, 0.1) is 5.69 Å². The molecule has 0 saturated carbocycles. The van der Waals surface area contributed by atoms with Gasteiger partial charge in [-0.05, 0) is 0 Å². The minimum absolute atomic E-state index is 0.00909. The topological polar surface area (TPSA) is 53.5 Å². The predicted octanol–water partition coefficient (Wildman–Crippen LogP) is 4.42. The Hall–Kier alpha value is -2.99. The second-order valence-electron chi connectivity index (χ2n) is 7.70. The van der Waals surface area contributed by atoms with Crippen LogP contribution in [0.15, 0.2) is 60.7 Å². The van der Waals surface area contributed by atoms with Crippen molar-refractivity contribution in [1.29, 1.82) is 0 Å². The van der Waals surface area contributed by atoms with Crippen LogP contribution in [0.4, 0.5) is 0 Å². The largest absolute Gasteiger partial charge is 0.339 e. The van der Waals surface area contributed by atoms with Crippen LogP contribution in [-0.4, -0.2) is 52.8 Å². The van der Waals surface area contributed by atoms with E-state index in [2.05, 4.69) is 0 Å². The third-order valence-corrected chi connectivity index (χ3v) is 6.35. The first-order valence-corrected chi connectivity index (χ1v) is 11.1. The molecule has 2 aromatic carbocycles. The molecule has 30 heavy (non-hydrogen) atoms. The summed E-state index contributed by atoms with van der Waals surface area (Å²) in [4.78, 5) is 34.9. The molecule has 154 valence electrons. The van der Waals surface area contributed by atoms with E-state index in [0.29, 0.717) is 31.1 Å². The Balaban J connectivity index is 1.62. The Bertz CT molecular complexity index is 1020. The van der Waals surface area contributed by atoms with Crippen LogP contribution < -0.4 is 0 Å². The maximum absolute atomic E-state index is 13.4. The van der Waals surface area contributed by atoms with Crippen molar-refractivity contribution in [1.82, 2.24) is 14.8 Å². The number of benzene rings is 2. The normalized spacial score (nSPS) is 14.2. The van der Waals surface area contributed by atoms with Crippen molar-refractivity contribution in [3.63, 3.8) is 0 Å². The fourth-order valence-corrected chi connectivity index (χ4v) is 4.66. The smallest absolute Gasteiger partial charge is 0.266 e. The molecule has 1 fully saturated rings. The lowest BCUT2D eigenvalue weighted by Crippen LogP contribution is -2.51. The first kappa shape index (κ1) is 20.3. The molecule has 1 saturated heterocycles. The molecule has 0 atom stereocenters. The lowest BCUT2D eigenvalue weighted by Gasteiger charge is -2.35. The average Bonchev–Trinajstić information content (AvgIpc) is 3.25. The van der Waals surface area contributed by atoms with Crippen LogP contribution in [0.1, 0.15) is 23.5 Å². The van der Waals surface area contributed by atoms with Crippen molar-refractivity contribution < 1.29 is 9.59 Å². The fourth-order valence-electron chi connectivity index (χ4n) is 3.60. The molecule has 2 amide bonds. The Labute approximate surface area is 181 Å². The number of amides is 2. The quantitative estimate of drug-likeness (QED) is 0.629. The van der Waals surface area contributed by atoms with Gasteiger partial charge in [-0.1, -0.05) is 74.5 Å². The van der Waals surface area contributed by atoms with E-state index in [1.807, 2.05) is 84.3 Å². The van der Waals surface area contributed by atoms with E-state index < -0.39 is 0 Å². The van der Waals surface area contributed by atoms with Gasteiger partial charge in [-0.25, -0.2) is 4.98 Å². The highest BCUT2D eigenvalue weighted by atomic mass is 32.1. The Morgan fingerprint density at radius 3 is 1.93 bits per heavy atom. The molecule has 1 aliphatic heterocycles. The van der Waals surface area contributed by atoms with Gasteiger partial charge in [0.25, 0.3) is 5.91 Å². The number of carbonyl (C=O) groups excluding carboxylic acids is 2. The first-order valence-electron chi connectivity index (χ1n) is 10.2. The summed E-state index contributed by atoms with van der Waals surface area (Å²) in [5.74, 6) is 0.119. The zero-order chi connectivity index (χ0) is 21.1.